The minimum atomic E-state index is -1.34. The molecule has 0 spiro atoms. The fourth-order valence-electron chi connectivity index (χ4n) is 4.46. The summed E-state index contributed by atoms with van der Waals surface area (Å²) in [6.07, 6.45) is 1.64. The molecule has 0 amide bonds. The molecule has 190 valence electrons. The van der Waals surface area contributed by atoms with Crippen molar-refractivity contribution in [2.24, 2.45) is 4.99 Å². The summed E-state index contributed by atoms with van der Waals surface area (Å²) in [7, 11) is 1.65. The fourth-order valence-corrected chi connectivity index (χ4v) is 4.46. The molecule has 1 atom stereocenters. The smallest absolute Gasteiger partial charge is 0.343 e. The van der Waals surface area contributed by atoms with Crippen LogP contribution in [0.2, 0.25) is 0 Å². The van der Waals surface area contributed by atoms with Gasteiger partial charge in [0.1, 0.15) is 16.9 Å². The molecule has 2 aromatic heterocycles. The molecular weight excluding hydrogens is 472 g/mol. The first kappa shape index (κ1) is 25.4. The van der Waals surface area contributed by atoms with Crippen LogP contribution in [0.4, 0.5) is 11.4 Å². The van der Waals surface area contributed by atoms with Gasteiger partial charge in [-0.25, -0.2) is 4.79 Å². The van der Waals surface area contributed by atoms with Gasteiger partial charge in [0.15, 0.2) is 5.43 Å². The lowest BCUT2D eigenvalue weighted by molar-refractivity contribution is 0.0696. The number of anilines is 2. The lowest BCUT2D eigenvalue weighted by Gasteiger charge is -2.20. The van der Waals surface area contributed by atoms with Gasteiger partial charge >= 0.3 is 5.97 Å². The minimum Gasteiger partial charge on any atom is -0.477 e. The van der Waals surface area contributed by atoms with E-state index in [-0.39, 0.29) is 16.7 Å². The zero-order valence-electron chi connectivity index (χ0n) is 21.2. The number of fused-ring (bicyclic) bond motifs is 1. The van der Waals surface area contributed by atoms with Crippen LogP contribution >= 0.6 is 0 Å². The van der Waals surface area contributed by atoms with E-state index in [9.17, 15) is 19.5 Å². The van der Waals surface area contributed by atoms with E-state index >= 15 is 0 Å². The van der Waals surface area contributed by atoms with Crippen molar-refractivity contribution in [3.8, 4) is 11.3 Å². The summed E-state index contributed by atoms with van der Waals surface area (Å²) in [5.41, 5.74) is 9.72. The number of carboxylic acid groups (broad SMARTS) is 1. The molecule has 4 rings (SSSR count). The highest BCUT2D eigenvalue weighted by atomic mass is 16.4. The molecule has 2 heterocycles. The van der Waals surface area contributed by atoms with Crippen molar-refractivity contribution in [3.05, 3.63) is 90.5 Å². The Hall–Kier alpha value is -4.66. The maximum atomic E-state index is 13.5. The second kappa shape index (κ2) is 9.77. The summed E-state index contributed by atoms with van der Waals surface area (Å²) >= 11 is 0. The van der Waals surface area contributed by atoms with Crippen molar-refractivity contribution >= 4 is 34.5 Å². The Labute approximate surface area is 212 Å². The summed E-state index contributed by atoms with van der Waals surface area (Å²) in [6, 6.07) is 10.0. The van der Waals surface area contributed by atoms with Gasteiger partial charge in [0, 0.05) is 46.9 Å². The molecule has 0 saturated heterocycles. The number of rotatable bonds is 6. The fraction of sp³-hybridized carbons (Fsp3) is 0.214. The Balaban J connectivity index is 1.92. The van der Waals surface area contributed by atoms with E-state index in [4.69, 9.17) is 10.2 Å². The average molecular weight is 501 g/mol. The highest BCUT2D eigenvalue weighted by molar-refractivity contribution is 5.94. The number of pyridine rings is 1. The summed E-state index contributed by atoms with van der Waals surface area (Å²) in [5.74, 6) is -0.942. The van der Waals surface area contributed by atoms with Crippen LogP contribution < -0.4 is 22.0 Å². The first-order chi connectivity index (χ1) is 17.5. The highest BCUT2D eigenvalue weighted by Crippen LogP contribution is 2.33. The molecule has 0 aliphatic heterocycles. The number of nitrogens with zero attached hydrogens (tertiary/aromatic N) is 1. The number of aryl methyl sites for hydroxylation is 2. The molecule has 9 nitrogen and oxygen atoms in total. The van der Waals surface area contributed by atoms with E-state index in [0.29, 0.717) is 50.4 Å². The number of nitrogens with two attached hydrogens (primary N) is 1. The van der Waals surface area contributed by atoms with Gasteiger partial charge in [-0.2, -0.15) is 0 Å². The average Bonchev–Trinajstić information content (AvgIpc) is 2.82. The molecule has 0 aliphatic carbocycles. The number of aromatic nitrogens is 1. The molecule has 1 unspecified atom stereocenters. The van der Waals surface area contributed by atoms with Gasteiger partial charge in [-0.1, -0.05) is 6.07 Å². The summed E-state index contributed by atoms with van der Waals surface area (Å²) in [5, 5.41) is 13.2. The zero-order valence-corrected chi connectivity index (χ0v) is 21.2. The Morgan fingerprint density at radius 3 is 2.57 bits per heavy atom. The Bertz CT molecular complexity index is 1700. The Morgan fingerprint density at radius 2 is 1.89 bits per heavy atom. The number of aliphatic imine (C=N–C) groups is 1. The van der Waals surface area contributed by atoms with E-state index in [2.05, 4.69) is 15.3 Å². The predicted octanol–water partition coefficient (Wildman–Crippen LogP) is 4.58. The molecule has 0 saturated carbocycles. The van der Waals surface area contributed by atoms with Gasteiger partial charge < -0.3 is 25.6 Å². The number of nitrogens with one attached hydrogen (secondary N) is 2. The van der Waals surface area contributed by atoms with Crippen molar-refractivity contribution in [1.29, 1.82) is 0 Å². The zero-order chi connectivity index (χ0) is 27.0. The van der Waals surface area contributed by atoms with E-state index in [1.165, 1.54) is 0 Å². The van der Waals surface area contributed by atoms with E-state index in [1.54, 1.807) is 51.4 Å². The standard InChI is InChI=1S/C28H28N4O5/c1-13-8-19(16(4)32-22-10-14(2)31-27(34)23(22)28(35)36)26-20(9-13)24(33)15(3)25(37-26)17-6-7-21(29)18(11-17)12-30-5/h6-12,16H,29H2,1-5H3,(H,35,36)(H2,31,32,34). The Morgan fingerprint density at radius 1 is 1.16 bits per heavy atom. The first-order valence-electron chi connectivity index (χ1n) is 11.7. The van der Waals surface area contributed by atoms with Crippen molar-refractivity contribution < 1.29 is 14.3 Å². The Kier molecular flexibility index (Phi) is 6.72. The van der Waals surface area contributed by atoms with E-state index < -0.39 is 17.6 Å². The third-order valence-electron chi connectivity index (χ3n) is 6.23. The van der Waals surface area contributed by atoms with Crippen molar-refractivity contribution in [2.75, 3.05) is 18.1 Å². The molecule has 0 radical (unpaired) electrons. The molecule has 0 fully saturated rings. The number of carbonyl (C=O) groups is 1. The molecular formula is C28H28N4O5. The van der Waals surface area contributed by atoms with Crippen LogP contribution in [0.1, 0.15) is 51.3 Å². The van der Waals surface area contributed by atoms with E-state index in [0.717, 1.165) is 5.56 Å². The van der Waals surface area contributed by atoms with E-state index in [1.807, 2.05) is 26.0 Å². The van der Waals surface area contributed by atoms with Crippen LogP contribution in [0.15, 0.2) is 55.4 Å². The van der Waals surface area contributed by atoms with Crippen LogP contribution in [-0.4, -0.2) is 29.3 Å². The molecule has 0 bridgehead atoms. The minimum absolute atomic E-state index is 0.172. The van der Waals surface area contributed by atoms with Crippen LogP contribution in [-0.2, 0) is 0 Å². The maximum Gasteiger partial charge on any atom is 0.343 e. The molecule has 9 heteroatoms. The van der Waals surface area contributed by atoms with Crippen molar-refractivity contribution in [1.82, 2.24) is 4.98 Å². The van der Waals surface area contributed by atoms with Crippen LogP contribution in [0, 0.1) is 20.8 Å². The monoisotopic (exact) mass is 500 g/mol. The molecule has 2 aromatic carbocycles. The SMILES string of the molecule is CN=Cc1cc(-c2oc3c(C(C)Nc4cc(C)[nH]c(=O)c4C(=O)O)cc(C)cc3c(=O)c2C)ccc1N. The first-order valence-corrected chi connectivity index (χ1v) is 11.7. The highest BCUT2D eigenvalue weighted by Gasteiger charge is 2.22. The molecule has 5 N–H and O–H groups in total. The van der Waals surface area contributed by atoms with Gasteiger partial charge in [0.05, 0.1) is 17.1 Å². The second-order valence-electron chi connectivity index (χ2n) is 9.09. The number of benzene rings is 2. The number of nitrogen functional groups attached to an aromatic ring is 1. The van der Waals surface area contributed by atoms with Crippen molar-refractivity contribution in [2.45, 2.75) is 33.7 Å². The normalized spacial score (nSPS) is 12.2. The number of aromatic amines is 1. The predicted molar refractivity (Wildman–Crippen MR) is 146 cm³/mol. The number of hydrogen-bond donors (Lipinski definition) is 4. The number of aromatic carboxylic acids is 1. The number of H-pyrrole nitrogens is 1. The van der Waals surface area contributed by atoms with Crippen molar-refractivity contribution in [3.63, 3.8) is 0 Å². The molecule has 0 aliphatic rings. The number of hydrogen-bond acceptors (Lipinski definition) is 7. The van der Waals surface area contributed by atoms with Crippen LogP contribution in [0.5, 0.6) is 0 Å². The summed E-state index contributed by atoms with van der Waals surface area (Å²) < 4.78 is 6.39. The third kappa shape index (κ3) is 4.75. The third-order valence-corrected chi connectivity index (χ3v) is 6.23. The summed E-state index contributed by atoms with van der Waals surface area (Å²) in [6.45, 7) is 7.07. The maximum absolute atomic E-state index is 13.5. The summed E-state index contributed by atoms with van der Waals surface area (Å²) in [4.78, 5) is 44.1. The topological polar surface area (TPSA) is 151 Å². The van der Waals surface area contributed by atoms with Gasteiger partial charge in [-0.3, -0.25) is 14.6 Å². The second-order valence-corrected chi connectivity index (χ2v) is 9.09. The molecule has 4 aromatic rings. The van der Waals surface area contributed by atoms with Gasteiger partial charge in [0.25, 0.3) is 5.56 Å². The van der Waals surface area contributed by atoms with Gasteiger partial charge in [-0.15, -0.1) is 0 Å². The van der Waals surface area contributed by atoms with Crippen LogP contribution in [0.3, 0.4) is 0 Å². The number of carboxylic acids is 1. The van der Waals surface area contributed by atoms with Crippen LogP contribution in [0.25, 0.3) is 22.3 Å². The largest absolute Gasteiger partial charge is 0.477 e. The lowest BCUT2D eigenvalue weighted by atomic mass is 9.98. The van der Waals surface area contributed by atoms with Gasteiger partial charge in [-0.05, 0) is 63.6 Å². The lowest BCUT2D eigenvalue weighted by Crippen LogP contribution is -2.22. The quantitative estimate of drug-likeness (QED) is 0.223. The van der Waals surface area contributed by atoms with Gasteiger partial charge in [0.2, 0.25) is 0 Å². The molecule has 37 heavy (non-hydrogen) atoms.